The number of carbonyl (C=O) groups excluding carboxylic acids is 1. The fourth-order valence-corrected chi connectivity index (χ4v) is 1.80. The highest BCUT2D eigenvalue weighted by Gasteiger charge is 2.24. The summed E-state index contributed by atoms with van der Waals surface area (Å²) in [6.07, 6.45) is -0.869. The van der Waals surface area contributed by atoms with Crippen molar-refractivity contribution in [3.8, 4) is 0 Å². The van der Waals surface area contributed by atoms with Gasteiger partial charge in [0.25, 0.3) is 0 Å². The van der Waals surface area contributed by atoms with Gasteiger partial charge in [0.05, 0.1) is 4.47 Å². The third kappa shape index (κ3) is 6.12. The largest absolute Gasteiger partial charge is 0.480 e. The summed E-state index contributed by atoms with van der Waals surface area (Å²) in [5.74, 6) is -1.71. The molecule has 0 bridgehead atoms. The molecule has 0 aliphatic rings. The zero-order valence-electron chi connectivity index (χ0n) is 11.9. The summed E-state index contributed by atoms with van der Waals surface area (Å²) in [4.78, 5) is 22.8. The van der Waals surface area contributed by atoms with Crippen LogP contribution < -0.4 is 5.32 Å². The summed E-state index contributed by atoms with van der Waals surface area (Å²) in [6.45, 7) is 5.02. The van der Waals surface area contributed by atoms with E-state index in [1.807, 2.05) is 0 Å². The molecule has 1 amide bonds. The molecular formula is C14H17BrFNO4. The molecule has 2 N–H and O–H groups in total. The van der Waals surface area contributed by atoms with Crippen molar-refractivity contribution in [3.05, 3.63) is 34.1 Å². The molecule has 0 fully saturated rings. The smallest absolute Gasteiger partial charge is 0.408 e. The van der Waals surface area contributed by atoms with E-state index in [-0.39, 0.29) is 6.42 Å². The van der Waals surface area contributed by atoms with Crippen LogP contribution >= 0.6 is 15.9 Å². The quantitative estimate of drug-likeness (QED) is 0.863. The lowest BCUT2D eigenvalue weighted by Gasteiger charge is -2.22. The maximum atomic E-state index is 13.4. The molecule has 0 heterocycles. The Morgan fingerprint density at radius 1 is 1.43 bits per heavy atom. The van der Waals surface area contributed by atoms with Crippen molar-refractivity contribution in [2.75, 3.05) is 0 Å². The van der Waals surface area contributed by atoms with Crippen LogP contribution in [-0.2, 0) is 16.0 Å². The summed E-state index contributed by atoms with van der Waals surface area (Å²) in [6, 6.07) is 3.09. The lowest BCUT2D eigenvalue weighted by atomic mass is 10.1. The molecule has 0 saturated carbocycles. The molecule has 7 heteroatoms. The zero-order valence-corrected chi connectivity index (χ0v) is 13.5. The Bertz CT molecular complexity index is 542. The fourth-order valence-electron chi connectivity index (χ4n) is 1.55. The van der Waals surface area contributed by atoms with E-state index in [1.165, 1.54) is 12.1 Å². The van der Waals surface area contributed by atoms with Crippen LogP contribution in [0.1, 0.15) is 26.3 Å². The highest BCUT2D eigenvalue weighted by molar-refractivity contribution is 9.10. The van der Waals surface area contributed by atoms with Crippen molar-refractivity contribution in [1.29, 1.82) is 0 Å². The highest BCUT2D eigenvalue weighted by atomic mass is 79.9. The summed E-state index contributed by atoms with van der Waals surface area (Å²) in [5.41, 5.74) is -0.268. The average Bonchev–Trinajstić information content (AvgIpc) is 2.30. The van der Waals surface area contributed by atoms with Gasteiger partial charge in [0.1, 0.15) is 17.5 Å². The van der Waals surface area contributed by atoms with Gasteiger partial charge in [-0.2, -0.15) is 0 Å². The van der Waals surface area contributed by atoms with Crippen LogP contribution in [-0.4, -0.2) is 28.8 Å². The molecule has 0 aromatic heterocycles. The van der Waals surface area contributed by atoms with Gasteiger partial charge in [-0.1, -0.05) is 6.07 Å². The number of aliphatic carboxylic acids is 1. The van der Waals surface area contributed by atoms with Crippen LogP contribution in [0.4, 0.5) is 9.18 Å². The number of carbonyl (C=O) groups is 2. The van der Waals surface area contributed by atoms with Crippen molar-refractivity contribution in [2.24, 2.45) is 0 Å². The molecule has 5 nitrogen and oxygen atoms in total. The van der Waals surface area contributed by atoms with Gasteiger partial charge in [-0.05, 0) is 54.4 Å². The minimum absolute atomic E-state index is 0.0429. The average molecular weight is 362 g/mol. The number of amides is 1. The molecule has 1 atom stereocenters. The number of nitrogens with one attached hydrogen (secondary N) is 1. The van der Waals surface area contributed by atoms with Crippen molar-refractivity contribution in [2.45, 2.75) is 38.8 Å². The molecule has 21 heavy (non-hydrogen) atoms. The topological polar surface area (TPSA) is 75.6 Å². The Morgan fingerprint density at radius 3 is 2.52 bits per heavy atom. The SMILES string of the molecule is CC(C)(C)OC(=O)N[C@H](Cc1ccc(Br)c(F)c1)C(=O)O. The summed E-state index contributed by atoms with van der Waals surface area (Å²) >= 11 is 3.02. The minimum atomic E-state index is -1.22. The number of benzene rings is 1. The fraction of sp³-hybridized carbons (Fsp3) is 0.429. The molecular weight excluding hydrogens is 345 g/mol. The van der Waals surface area contributed by atoms with E-state index in [0.29, 0.717) is 10.0 Å². The lowest BCUT2D eigenvalue weighted by Crippen LogP contribution is -2.44. The number of carboxylic acids is 1. The van der Waals surface area contributed by atoms with Gasteiger partial charge in [0.15, 0.2) is 0 Å². The molecule has 0 aliphatic heterocycles. The van der Waals surface area contributed by atoms with Crippen LogP contribution in [0, 0.1) is 5.82 Å². The van der Waals surface area contributed by atoms with Crippen molar-refractivity contribution >= 4 is 28.0 Å². The van der Waals surface area contributed by atoms with Gasteiger partial charge in [-0.25, -0.2) is 14.0 Å². The molecule has 1 aromatic carbocycles. The molecule has 1 rings (SSSR count). The number of alkyl carbamates (subject to hydrolysis) is 1. The molecule has 0 saturated heterocycles. The highest BCUT2D eigenvalue weighted by Crippen LogP contribution is 2.17. The maximum Gasteiger partial charge on any atom is 0.408 e. The number of halogens is 2. The number of hydrogen-bond donors (Lipinski definition) is 2. The van der Waals surface area contributed by atoms with Gasteiger partial charge < -0.3 is 15.2 Å². The number of hydrogen-bond acceptors (Lipinski definition) is 3. The second-order valence-electron chi connectivity index (χ2n) is 5.49. The van der Waals surface area contributed by atoms with E-state index in [0.717, 1.165) is 0 Å². The molecule has 0 radical (unpaired) electrons. The predicted octanol–water partition coefficient (Wildman–Crippen LogP) is 3.11. The Balaban J connectivity index is 2.76. The van der Waals surface area contributed by atoms with Crippen LogP contribution in [0.3, 0.4) is 0 Å². The Hall–Kier alpha value is -1.63. The second kappa shape index (κ2) is 6.89. The summed E-state index contributed by atoms with van der Waals surface area (Å²) in [5, 5.41) is 11.4. The summed E-state index contributed by atoms with van der Waals surface area (Å²) < 4.78 is 18.7. The Kier molecular flexibility index (Phi) is 5.71. The first-order valence-electron chi connectivity index (χ1n) is 6.25. The van der Waals surface area contributed by atoms with E-state index < -0.39 is 29.5 Å². The van der Waals surface area contributed by atoms with Crippen molar-refractivity contribution < 1.29 is 23.8 Å². The number of carboxylic acid groups (broad SMARTS) is 1. The van der Waals surface area contributed by atoms with Crippen molar-refractivity contribution in [1.82, 2.24) is 5.32 Å². The van der Waals surface area contributed by atoms with E-state index >= 15 is 0 Å². The van der Waals surface area contributed by atoms with Crippen molar-refractivity contribution in [3.63, 3.8) is 0 Å². The molecule has 0 aliphatic carbocycles. The third-order valence-corrected chi connectivity index (χ3v) is 3.06. The molecule has 0 unspecified atom stereocenters. The molecule has 0 spiro atoms. The Labute approximate surface area is 130 Å². The normalized spacial score (nSPS) is 12.6. The second-order valence-corrected chi connectivity index (χ2v) is 6.34. The van der Waals surface area contributed by atoms with Gasteiger partial charge in [0.2, 0.25) is 0 Å². The maximum absolute atomic E-state index is 13.4. The van der Waals surface area contributed by atoms with E-state index in [4.69, 9.17) is 9.84 Å². The first-order chi connectivity index (χ1) is 9.58. The lowest BCUT2D eigenvalue weighted by molar-refractivity contribution is -0.139. The summed E-state index contributed by atoms with van der Waals surface area (Å²) in [7, 11) is 0. The first kappa shape index (κ1) is 17.4. The monoisotopic (exact) mass is 361 g/mol. The van der Waals surface area contributed by atoms with E-state index in [1.54, 1.807) is 26.8 Å². The van der Waals surface area contributed by atoms with Gasteiger partial charge in [-0.3, -0.25) is 0 Å². The zero-order chi connectivity index (χ0) is 16.2. The van der Waals surface area contributed by atoms with Crippen LogP contribution in [0.25, 0.3) is 0 Å². The third-order valence-electron chi connectivity index (χ3n) is 2.41. The van der Waals surface area contributed by atoms with Gasteiger partial charge >= 0.3 is 12.1 Å². The van der Waals surface area contributed by atoms with Gasteiger partial charge in [0, 0.05) is 6.42 Å². The van der Waals surface area contributed by atoms with Crippen LogP contribution in [0.2, 0.25) is 0 Å². The van der Waals surface area contributed by atoms with E-state index in [2.05, 4.69) is 21.2 Å². The standard InChI is InChI=1S/C14H17BrFNO4/c1-14(2,3)21-13(20)17-11(12(18)19)7-8-4-5-9(15)10(16)6-8/h4-6,11H,7H2,1-3H3,(H,17,20)(H,18,19)/t11-/m1/s1. The van der Waals surface area contributed by atoms with Gasteiger partial charge in [-0.15, -0.1) is 0 Å². The minimum Gasteiger partial charge on any atom is -0.480 e. The number of ether oxygens (including phenoxy) is 1. The molecule has 1 aromatic rings. The number of rotatable bonds is 4. The van der Waals surface area contributed by atoms with Crippen LogP contribution in [0.5, 0.6) is 0 Å². The molecule has 116 valence electrons. The first-order valence-corrected chi connectivity index (χ1v) is 7.04. The Morgan fingerprint density at radius 2 is 2.05 bits per heavy atom. The predicted molar refractivity (Wildman–Crippen MR) is 78.6 cm³/mol. The van der Waals surface area contributed by atoms with Crippen LogP contribution in [0.15, 0.2) is 22.7 Å². The van der Waals surface area contributed by atoms with E-state index in [9.17, 15) is 14.0 Å².